The maximum atomic E-state index is 13.6. The van der Waals surface area contributed by atoms with Crippen LogP contribution in [0.15, 0.2) is 54.1 Å². The summed E-state index contributed by atoms with van der Waals surface area (Å²) in [5.41, 5.74) is 2.84. The zero-order valence-electron chi connectivity index (χ0n) is 16.8. The Morgan fingerprint density at radius 1 is 1.41 bits per heavy atom. The monoisotopic (exact) mass is 422 g/mol. The van der Waals surface area contributed by atoms with Crippen molar-refractivity contribution in [1.82, 2.24) is 4.98 Å². The number of hydrogen-bond donors (Lipinski definition) is 3. The molecule has 0 spiro atoms. The number of aromatic nitrogens is 1. The molecule has 1 aromatic rings. The van der Waals surface area contributed by atoms with Crippen LogP contribution >= 0.6 is 11.6 Å². The van der Waals surface area contributed by atoms with Crippen molar-refractivity contribution in [2.24, 2.45) is 0 Å². The highest BCUT2D eigenvalue weighted by Crippen LogP contribution is 2.34. The topological polar surface area (TPSA) is 74.6 Å². The van der Waals surface area contributed by atoms with E-state index in [1.54, 1.807) is 26.1 Å². The fraction of sp³-hybridized carbons (Fsp3) is 0.409. The van der Waals surface area contributed by atoms with Gasteiger partial charge in [0.25, 0.3) is 0 Å². The SMILES string of the molecule is C=C(CO)CNc1c(C(O)OC(C)C)ncc(CC2=C/C=C(/F)CC/C=C\2)c1Cl. The molecule has 1 atom stereocenters. The zero-order chi connectivity index (χ0) is 21.4. The molecule has 2 rings (SSSR count). The lowest BCUT2D eigenvalue weighted by Crippen LogP contribution is -2.16. The Morgan fingerprint density at radius 3 is 2.86 bits per heavy atom. The van der Waals surface area contributed by atoms with Crippen LogP contribution in [0.2, 0.25) is 5.02 Å². The summed E-state index contributed by atoms with van der Waals surface area (Å²) in [5.74, 6) is -0.162. The maximum absolute atomic E-state index is 13.6. The minimum atomic E-state index is -1.26. The van der Waals surface area contributed by atoms with Crippen molar-refractivity contribution >= 4 is 17.3 Å². The van der Waals surface area contributed by atoms with Gasteiger partial charge in [0.1, 0.15) is 11.5 Å². The Labute approximate surface area is 176 Å². The van der Waals surface area contributed by atoms with E-state index in [9.17, 15) is 14.6 Å². The predicted octanol–water partition coefficient (Wildman–Crippen LogP) is 4.78. The number of rotatable bonds is 9. The second-order valence-electron chi connectivity index (χ2n) is 7.13. The molecule has 0 bridgehead atoms. The summed E-state index contributed by atoms with van der Waals surface area (Å²) < 4.78 is 19.0. The number of anilines is 1. The summed E-state index contributed by atoms with van der Waals surface area (Å²) in [6, 6.07) is 0. The molecule has 0 amide bonds. The summed E-state index contributed by atoms with van der Waals surface area (Å²) in [6.07, 6.45) is 8.68. The van der Waals surface area contributed by atoms with E-state index < -0.39 is 6.29 Å². The first-order chi connectivity index (χ1) is 13.8. The van der Waals surface area contributed by atoms with Crippen molar-refractivity contribution in [1.29, 1.82) is 0 Å². The average Bonchev–Trinajstić information content (AvgIpc) is 2.66. The third-order valence-electron chi connectivity index (χ3n) is 4.25. The first-order valence-electron chi connectivity index (χ1n) is 9.55. The summed E-state index contributed by atoms with van der Waals surface area (Å²) in [6.45, 7) is 7.45. The molecular weight excluding hydrogens is 395 g/mol. The highest BCUT2D eigenvalue weighted by molar-refractivity contribution is 6.34. The summed E-state index contributed by atoms with van der Waals surface area (Å²) in [5, 5.41) is 23.1. The van der Waals surface area contributed by atoms with E-state index in [0.29, 0.717) is 35.5 Å². The van der Waals surface area contributed by atoms with Gasteiger partial charge >= 0.3 is 0 Å². The molecule has 0 saturated carbocycles. The summed E-state index contributed by atoms with van der Waals surface area (Å²) >= 11 is 6.64. The molecule has 1 aliphatic rings. The van der Waals surface area contributed by atoms with Crippen LogP contribution in [-0.2, 0) is 11.2 Å². The fourth-order valence-corrected chi connectivity index (χ4v) is 3.02. The normalized spacial score (nSPS) is 20.1. The third-order valence-corrected chi connectivity index (χ3v) is 4.68. The molecule has 0 aliphatic heterocycles. The number of aliphatic hydroxyl groups is 2. The van der Waals surface area contributed by atoms with Crippen molar-refractivity contribution in [3.05, 3.63) is 70.3 Å². The number of pyridine rings is 1. The third kappa shape index (κ3) is 7.08. The molecule has 1 unspecified atom stereocenters. The largest absolute Gasteiger partial charge is 0.392 e. The van der Waals surface area contributed by atoms with Crippen molar-refractivity contribution in [2.45, 2.75) is 45.5 Å². The van der Waals surface area contributed by atoms with Crippen LogP contribution in [0.25, 0.3) is 0 Å². The predicted molar refractivity (Wildman–Crippen MR) is 114 cm³/mol. The molecule has 29 heavy (non-hydrogen) atoms. The lowest BCUT2D eigenvalue weighted by atomic mass is 10.0. The number of allylic oxidation sites excluding steroid dienone is 6. The minimum absolute atomic E-state index is 0.162. The van der Waals surface area contributed by atoms with Gasteiger partial charge in [0, 0.05) is 25.6 Å². The molecule has 1 aliphatic carbocycles. The fourth-order valence-electron chi connectivity index (χ4n) is 2.74. The summed E-state index contributed by atoms with van der Waals surface area (Å²) in [4.78, 5) is 4.36. The van der Waals surface area contributed by atoms with E-state index in [1.165, 1.54) is 6.08 Å². The Kier molecular flexibility index (Phi) is 9.04. The number of nitrogens with one attached hydrogen (secondary N) is 1. The second-order valence-corrected chi connectivity index (χ2v) is 7.51. The van der Waals surface area contributed by atoms with E-state index >= 15 is 0 Å². The molecule has 3 N–H and O–H groups in total. The van der Waals surface area contributed by atoms with Crippen molar-refractivity contribution in [3.63, 3.8) is 0 Å². The molecule has 7 heteroatoms. The molecule has 1 heterocycles. The number of ether oxygens (including phenoxy) is 1. The van der Waals surface area contributed by atoms with Gasteiger partial charge in [0.2, 0.25) is 6.29 Å². The van der Waals surface area contributed by atoms with Gasteiger partial charge in [-0.3, -0.25) is 4.98 Å². The second kappa shape index (κ2) is 11.3. The quantitative estimate of drug-likeness (QED) is 0.394. The molecule has 0 radical (unpaired) electrons. The Bertz CT molecular complexity index is 819. The molecule has 0 aromatic carbocycles. The van der Waals surface area contributed by atoms with E-state index in [-0.39, 0.29) is 30.8 Å². The molecule has 158 valence electrons. The highest BCUT2D eigenvalue weighted by Gasteiger charge is 2.21. The summed E-state index contributed by atoms with van der Waals surface area (Å²) in [7, 11) is 0. The van der Waals surface area contributed by atoms with Gasteiger partial charge < -0.3 is 20.3 Å². The van der Waals surface area contributed by atoms with Gasteiger partial charge in [-0.25, -0.2) is 4.39 Å². The van der Waals surface area contributed by atoms with Crippen molar-refractivity contribution in [2.75, 3.05) is 18.5 Å². The molecule has 0 saturated heterocycles. The van der Waals surface area contributed by atoms with Crippen LogP contribution < -0.4 is 5.32 Å². The van der Waals surface area contributed by atoms with Crippen LogP contribution in [0.4, 0.5) is 10.1 Å². The molecular formula is C22H28ClFN2O3. The van der Waals surface area contributed by atoms with Gasteiger partial charge in [-0.1, -0.05) is 36.4 Å². The number of nitrogens with zero attached hydrogens (tertiary/aromatic N) is 1. The highest BCUT2D eigenvalue weighted by atomic mass is 35.5. The number of aliphatic hydroxyl groups excluding tert-OH is 2. The van der Waals surface area contributed by atoms with E-state index in [2.05, 4.69) is 16.9 Å². The number of halogens is 2. The Balaban J connectivity index is 2.37. The lowest BCUT2D eigenvalue weighted by Gasteiger charge is -2.21. The smallest absolute Gasteiger partial charge is 0.200 e. The van der Waals surface area contributed by atoms with Gasteiger partial charge in [-0.2, -0.15) is 0 Å². The van der Waals surface area contributed by atoms with Crippen LogP contribution in [0.1, 0.15) is 44.2 Å². The van der Waals surface area contributed by atoms with E-state index in [0.717, 1.165) is 11.1 Å². The average molecular weight is 423 g/mol. The first-order valence-corrected chi connectivity index (χ1v) is 9.93. The minimum Gasteiger partial charge on any atom is -0.392 e. The number of hydrogen-bond acceptors (Lipinski definition) is 5. The Hall–Kier alpha value is -1.99. The van der Waals surface area contributed by atoms with E-state index in [1.807, 2.05) is 12.2 Å². The van der Waals surface area contributed by atoms with Crippen LogP contribution in [0.3, 0.4) is 0 Å². The van der Waals surface area contributed by atoms with Gasteiger partial charge in [0.05, 0.1) is 23.4 Å². The molecule has 1 aromatic heterocycles. The standard InChI is InChI=1S/C22H28ClFN2O3/c1-14(2)29-22(28)21-20(25-11-15(3)13-27)19(23)17(12-26-21)10-16-6-4-5-7-18(24)9-8-16/h4,6,8-9,12,14,22,25,27-28H,3,5,7,10-11,13H2,1-2H3/b6-4-,16-8+,18-9+. The molecule has 0 fully saturated rings. The lowest BCUT2D eigenvalue weighted by molar-refractivity contribution is -0.131. The van der Waals surface area contributed by atoms with Gasteiger partial charge in [-0.05, 0) is 43.1 Å². The van der Waals surface area contributed by atoms with Crippen LogP contribution in [0, 0.1) is 0 Å². The maximum Gasteiger partial charge on any atom is 0.200 e. The van der Waals surface area contributed by atoms with E-state index in [4.69, 9.17) is 16.3 Å². The van der Waals surface area contributed by atoms with Crippen molar-refractivity contribution < 1.29 is 19.3 Å². The zero-order valence-corrected chi connectivity index (χ0v) is 17.5. The van der Waals surface area contributed by atoms with Crippen LogP contribution in [-0.4, -0.2) is 34.5 Å². The van der Waals surface area contributed by atoms with Crippen molar-refractivity contribution in [3.8, 4) is 0 Å². The van der Waals surface area contributed by atoms with Gasteiger partial charge in [0.15, 0.2) is 0 Å². The Morgan fingerprint density at radius 2 is 2.17 bits per heavy atom. The van der Waals surface area contributed by atoms with Crippen LogP contribution in [0.5, 0.6) is 0 Å². The molecule has 5 nitrogen and oxygen atoms in total. The first kappa shape index (κ1) is 23.3. The van der Waals surface area contributed by atoms with Gasteiger partial charge in [-0.15, -0.1) is 0 Å².